The van der Waals surface area contributed by atoms with Crippen molar-refractivity contribution in [2.75, 3.05) is 7.11 Å². The number of fused-ring (bicyclic) bond motifs is 1. The summed E-state index contributed by atoms with van der Waals surface area (Å²) in [7, 11) is 1.60. The number of para-hydroxylation sites is 1. The highest BCUT2D eigenvalue weighted by molar-refractivity contribution is 6.35. The molecule has 29 heavy (non-hydrogen) atoms. The number of hydrogen-bond acceptors (Lipinski definition) is 4. The predicted molar refractivity (Wildman–Crippen MR) is 113 cm³/mol. The Morgan fingerprint density at radius 1 is 1.03 bits per heavy atom. The lowest BCUT2D eigenvalue weighted by Crippen LogP contribution is -2.20. The highest BCUT2D eigenvalue weighted by Gasteiger charge is 2.27. The molecule has 0 N–H and O–H groups in total. The standard InChI is InChI=1S/C23H18Cl2O4/c1-27-20-8-6-14(23-12-19(26)17-4-2-3-5-21(17)29-23)10-15(20)13-28-22-9-7-16(24)11-18(22)25/h2-11,23H,12-13H2,1H3/t23-/m1/s1. The molecule has 0 unspecified atom stereocenters. The Bertz CT molecular complexity index is 1060. The van der Waals surface area contributed by atoms with Crippen molar-refractivity contribution in [3.05, 3.63) is 87.4 Å². The van der Waals surface area contributed by atoms with Crippen molar-refractivity contribution in [3.8, 4) is 17.2 Å². The Hall–Kier alpha value is -2.69. The summed E-state index contributed by atoms with van der Waals surface area (Å²) < 4.78 is 17.4. The van der Waals surface area contributed by atoms with Crippen LogP contribution in [0.25, 0.3) is 0 Å². The van der Waals surface area contributed by atoms with Crippen molar-refractivity contribution in [3.63, 3.8) is 0 Å². The molecule has 0 spiro atoms. The van der Waals surface area contributed by atoms with Crippen LogP contribution in [0.3, 0.4) is 0 Å². The molecule has 148 valence electrons. The van der Waals surface area contributed by atoms with Crippen molar-refractivity contribution in [2.24, 2.45) is 0 Å². The summed E-state index contributed by atoms with van der Waals surface area (Å²) in [5, 5.41) is 0.978. The van der Waals surface area contributed by atoms with E-state index in [0.29, 0.717) is 32.9 Å². The minimum absolute atomic E-state index is 0.0680. The van der Waals surface area contributed by atoms with Gasteiger partial charge in [0.25, 0.3) is 0 Å². The topological polar surface area (TPSA) is 44.8 Å². The average Bonchev–Trinajstić information content (AvgIpc) is 2.73. The summed E-state index contributed by atoms with van der Waals surface area (Å²) in [6.45, 7) is 0.246. The second-order valence-corrected chi connectivity index (χ2v) is 7.51. The van der Waals surface area contributed by atoms with Crippen molar-refractivity contribution < 1.29 is 19.0 Å². The third kappa shape index (κ3) is 4.19. The molecule has 0 fully saturated rings. The van der Waals surface area contributed by atoms with Gasteiger partial charge in [-0.15, -0.1) is 0 Å². The molecule has 0 aromatic heterocycles. The van der Waals surface area contributed by atoms with E-state index in [1.807, 2.05) is 36.4 Å². The summed E-state index contributed by atoms with van der Waals surface area (Å²) >= 11 is 12.1. The van der Waals surface area contributed by atoms with Gasteiger partial charge in [0.05, 0.1) is 24.1 Å². The zero-order valence-electron chi connectivity index (χ0n) is 15.7. The zero-order valence-corrected chi connectivity index (χ0v) is 17.2. The zero-order chi connectivity index (χ0) is 20.4. The molecule has 0 saturated carbocycles. The molecular weight excluding hydrogens is 411 g/mol. The SMILES string of the molecule is COc1ccc([C@H]2CC(=O)c3ccccc3O2)cc1COc1ccc(Cl)cc1Cl. The molecule has 3 aromatic carbocycles. The average molecular weight is 429 g/mol. The van der Waals surface area contributed by atoms with Crippen molar-refractivity contribution in [1.82, 2.24) is 0 Å². The number of carbonyl (C=O) groups excluding carboxylic acids is 1. The fourth-order valence-electron chi connectivity index (χ4n) is 3.32. The molecule has 0 saturated heterocycles. The molecule has 0 radical (unpaired) electrons. The third-order valence-electron chi connectivity index (χ3n) is 4.78. The van der Waals surface area contributed by atoms with Crippen LogP contribution in [-0.4, -0.2) is 12.9 Å². The first-order chi connectivity index (χ1) is 14.0. The predicted octanol–water partition coefficient (Wildman–Crippen LogP) is 6.29. The summed E-state index contributed by atoms with van der Waals surface area (Å²) in [4.78, 5) is 12.5. The van der Waals surface area contributed by atoms with Gasteiger partial charge in [-0.25, -0.2) is 0 Å². The van der Waals surface area contributed by atoms with Crippen LogP contribution in [-0.2, 0) is 6.61 Å². The molecule has 4 rings (SSSR count). The van der Waals surface area contributed by atoms with Crippen LogP contribution in [0, 0.1) is 0 Å². The van der Waals surface area contributed by atoms with Gasteiger partial charge < -0.3 is 14.2 Å². The number of hydrogen-bond donors (Lipinski definition) is 0. The smallest absolute Gasteiger partial charge is 0.170 e. The number of Topliss-reactive ketones (excluding diaryl/α,β-unsaturated/α-hetero) is 1. The first-order valence-corrected chi connectivity index (χ1v) is 9.84. The molecule has 1 heterocycles. The van der Waals surface area contributed by atoms with E-state index in [-0.39, 0.29) is 24.9 Å². The van der Waals surface area contributed by atoms with Gasteiger partial charge in [0.15, 0.2) is 5.78 Å². The van der Waals surface area contributed by atoms with Gasteiger partial charge in [-0.2, -0.15) is 0 Å². The number of methoxy groups -OCH3 is 1. The maximum atomic E-state index is 12.5. The third-order valence-corrected chi connectivity index (χ3v) is 5.31. The minimum Gasteiger partial charge on any atom is -0.496 e. The van der Waals surface area contributed by atoms with Crippen molar-refractivity contribution >= 4 is 29.0 Å². The summed E-state index contributed by atoms with van der Waals surface area (Å²) in [5.41, 5.74) is 2.33. The van der Waals surface area contributed by atoms with Crippen LogP contribution in [0.2, 0.25) is 10.0 Å². The van der Waals surface area contributed by atoms with E-state index in [9.17, 15) is 4.79 Å². The fourth-order valence-corrected chi connectivity index (χ4v) is 3.78. The normalized spacial score (nSPS) is 15.4. The van der Waals surface area contributed by atoms with Crippen LogP contribution in [0.15, 0.2) is 60.7 Å². The quantitative estimate of drug-likeness (QED) is 0.478. The summed E-state index contributed by atoms with van der Waals surface area (Å²) in [5.74, 6) is 1.89. The molecule has 1 atom stereocenters. The van der Waals surface area contributed by atoms with E-state index in [1.165, 1.54) is 0 Å². The largest absolute Gasteiger partial charge is 0.496 e. The number of carbonyl (C=O) groups is 1. The second kappa shape index (κ2) is 8.36. The van der Waals surface area contributed by atoms with E-state index in [2.05, 4.69) is 0 Å². The van der Waals surface area contributed by atoms with Gasteiger partial charge in [-0.05, 0) is 48.0 Å². The molecule has 4 nitrogen and oxygen atoms in total. The van der Waals surface area contributed by atoms with Crippen molar-refractivity contribution in [1.29, 1.82) is 0 Å². The number of benzene rings is 3. The van der Waals surface area contributed by atoms with E-state index in [4.69, 9.17) is 37.4 Å². The maximum Gasteiger partial charge on any atom is 0.170 e. The van der Waals surface area contributed by atoms with Gasteiger partial charge >= 0.3 is 0 Å². The second-order valence-electron chi connectivity index (χ2n) is 6.66. The van der Waals surface area contributed by atoms with Crippen LogP contribution >= 0.6 is 23.2 Å². The minimum atomic E-state index is -0.360. The highest BCUT2D eigenvalue weighted by Crippen LogP contribution is 2.36. The molecular formula is C23H18Cl2O4. The lowest BCUT2D eigenvalue weighted by molar-refractivity contribution is 0.0850. The Labute approximate surface area is 178 Å². The van der Waals surface area contributed by atoms with E-state index >= 15 is 0 Å². The number of ether oxygens (including phenoxy) is 3. The van der Waals surface area contributed by atoms with Gasteiger partial charge in [0, 0.05) is 10.6 Å². The monoisotopic (exact) mass is 428 g/mol. The van der Waals surface area contributed by atoms with Crippen LogP contribution < -0.4 is 14.2 Å². The molecule has 1 aliphatic heterocycles. The van der Waals surface area contributed by atoms with Gasteiger partial charge in [0.1, 0.15) is 30.0 Å². The Morgan fingerprint density at radius 3 is 2.62 bits per heavy atom. The van der Waals surface area contributed by atoms with Gasteiger partial charge in [-0.3, -0.25) is 4.79 Å². The Balaban J connectivity index is 1.58. The van der Waals surface area contributed by atoms with E-state index in [0.717, 1.165) is 11.1 Å². The molecule has 0 bridgehead atoms. The highest BCUT2D eigenvalue weighted by atomic mass is 35.5. The first-order valence-electron chi connectivity index (χ1n) is 9.08. The lowest BCUT2D eigenvalue weighted by Gasteiger charge is -2.26. The van der Waals surface area contributed by atoms with Crippen LogP contribution in [0.1, 0.15) is 34.0 Å². The number of rotatable bonds is 5. The number of halogens is 2. The van der Waals surface area contributed by atoms with Gasteiger partial charge in [-0.1, -0.05) is 41.4 Å². The molecule has 1 aliphatic rings. The van der Waals surface area contributed by atoms with Gasteiger partial charge in [0.2, 0.25) is 0 Å². The fraction of sp³-hybridized carbons (Fsp3) is 0.174. The molecule has 3 aromatic rings. The summed E-state index contributed by atoms with van der Waals surface area (Å²) in [6.07, 6.45) is -0.0756. The van der Waals surface area contributed by atoms with E-state index in [1.54, 1.807) is 31.4 Å². The summed E-state index contributed by atoms with van der Waals surface area (Å²) in [6, 6.07) is 18.1. The molecule has 6 heteroatoms. The first kappa shape index (κ1) is 19.6. The van der Waals surface area contributed by atoms with E-state index < -0.39 is 0 Å². The maximum absolute atomic E-state index is 12.5. The van der Waals surface area contributed by atoms with Crippen molar-refractivity contribution in [2.45, 2.75) is 19.1 Å². The molecule has 0 aliphatic carbocycles. The Morgan fingerprint density at radius 2 is 1.83 bits per heavy atom. The molecule has 0 amide bonds. The van der Waals surface area contributed by atoms with Crippen LogP contribution in [0.5, 0.6) is 17.2 Å². The Kier molecular flexibility index (Phi) is 5.65. The van der Waals surface area contributed by atoms with Crippen LogP contribution in [0.4, 0.5) is 0 Å². The lowest BCUT2D eigenvalue weighted by atomic mass is 9.95. The number of ketones is 1.